The molecule has 26 heavy (non-hydrogen) atoms. The highest BCUT2D eigenvalue weighted by Gasteiger charge is 2.11. The SMILES string of the molecule is CCN(CC)c1ccc(CNC(=O)N(C)Cc2ccc(F)c(F)c2)cn1. The molecule has 0 aliphatic rings. The summed E-state index contributed by atoms with van der Waals surface area (Å²) in [6, 6.07) is 7.16. The minimum absolute atomic E-state index is 0.183. The van der Waals surface area contributed by atoms with Crippen LogP contribution in [0.3, 0.4) is 0 Å². The van der Waals surface area contributed by atoms with Crippen LogP contribution in [0.1, 0.15) is 25.0 Å². The van der Waals surface area contributed by atoms with Crippen molar-refractivity contribution in [3.05, 3.63) is 59.3 Å². The van der Waals surface area contributed by atoms with E-state index < -0.39 is 11.6 Å². The monoisotopic (exact) mass is 362 g/mol. The molecule has 0 radical (unpaired) electrons. The van der Waals surface area contributed by atoms with Crippen molar-refractivity contribution in [3.8, 4) is 0 Å². The number of hydrogen-bond donors (Lipinski definition) is 1. The average Bonchev–Trinajstić information content (AvgIpc) is 2.64. The zero-order valence-corrected chi connectivity index (χ0v) is 15.3. The molecule has 2 rings (SSSR count). The van der Waals surface area contributed by atoms with Gasteiger partial charge in [-0.15, -0.1) is 0 Å². The molecule has 1 N–H and O–H groups in total. The number of benzene rings is 1. The van der Waals surface area contributed by atoms with E-state index in [0.29, 0.717) is 12.1 Å². The van der Waals surface area contributed by atoms with Gasteiger partial charge in [-0.3, -0.25) is 0 Å². The lowest BCUT2D eigenvalue weighted by Crippen LogP contribution is -2.36. The number of amides is 2. The third-order valence-corrected chi connectivity index (χ3v) is 4.09. The van der Waals surface area contributed by atoms with Gasteiger partial charge in [0.1, 0.15) is 5.82 Å². The Hall–Kier alpha value is -2.70. The van der Waals surface area contributed by atoms with Gasteiger partial charge < -0.3 is 15.1 Å². The van der Waals surface area contributed by atoms with Gasteiger partial charge in [-0.25, -0.2) is 18.6 Å². The zero-order chi connectivity index (χ0) is 19.1. The summed E-state index contributed by atoms with van der Waals surface area (Å²) in [4.78, 5) is 20.1. The van der Waals surface area contributed by atoms with E-state index in [1.54, 1.807) is 13.2 Å². The Morgan fingerprint density at radius 2 is 1.77 bits per heavy atom. The smallest absolute Gasteiger partial charge is 0.317 e. The van der Waals surface area contributed by atoms with Crippen LogP contribution < -0.4 is 10.2 Å². The molecule has 2 amide bonds. The highest BCUT2D eigenvalue weighted by atomic mass is 19.2. The van der Waals surface area contributed by atoms with Crippen LogP contribution in [0.2, 0.25) is 0 Å². The minimum atomic E-state index is -0.921. The number of carbonyl (C=O) groups excluding carboxylic acids is 1. The summed E-state index contributed by atoms with van der Waals surface area (Å²) in [5.41, 5.74) is 1.40. The second kappa shape index (κ2) is 9.12. The Bertz CT molecular complexity index is 733. The number of anilines is 1. The van der Waals surface area contributed by atoms with E-state index in [-0.39, 0.29) is 12.6 Å². The molecule has 5 nitrogen and oxygen atoms in total. The van der Waals surface area contributed by atoms with Crippen molar-refractivity contribution in [1.29, 1.82) is 0 Å². The van der Waals surface area contributed by atoms with Crippen LogP contribution in [0.15, 0.2) is 36.5 Å². The number of halogens is 2. The van der Waals surface area contributed by atoms with Crippen molar-refractivity contribution >= 4 is 11.8 Å². The summed E-state index contributed by atoms with van der Waals surface area (Å²) < 4.78 is 26.2. The maximum atomic E-state index is 13.2. The van der Waals surface area contributed by atoms with Crippen LogP contribution in [0.5, 0.6) is 0 Å². The number of hydrogen-bond acceptors (Lipinski definition) is 3. The topological polar surface area (TPSA) is 48.5 Å². The lowest BCUT2D eigenvalue weighted by molar-refractivity contribution is 0.206. The molecule has 7 heteroatoms. The molecule has 0 saturated carbocycles. The summed E-state index contributed by atoms with van der Waals surface area (Å²) in [7, 11) is 1.60. The predicted molar refractivity (Wildman–Crippen MR) is 97.9 cm³/mol. The van der Waals surface area contributed by atoms with Gasteiger partial charge in [0.15, 0.2) is 11.6 Å². The highest BCUT2D eigenvalue weighted by Crippen LogP contribution is 2.12. The number of nitrogens with one attached hydrogen (secondary N) is 1. The molecule has 0 aliphatic carbocycles. The van der Waals surface area contributed by atoms with E-state index in [1.807, 2.05) is 12.1 Å². The zero-order valence-electron chi connectivity index (χ0n) is 15.3. The number of aromatic nitrogens is 1. The quantitative estimate of drug-likeness (QED) is 0.819. The number of nitrogens with zero attached hydrogens (tertiary/aromatic N) is 3. The van der Waals surface area contributed by atoms with E-state index in [9.17, 15) is 13.6 Å². The Morgan fingerprint density at radius 1 is 1.08 bits per heavy atom. The first-order valence-corrected chi connectivity index (χ1v) is 8.57. The molecule has 140 valence electrons. The van der Waals surface area contributed by atoms with Crippen LogP contribution in [0, 0.1) is 11.6 Å². The van der Waals surface area contributed by atoms with E-state index in [2.05, 4.69) is 29.0 Å². The van der Waals surface area contributed by atoms with Crippen molar-refractivity contribution in [2.45, 2.75) is 26.9 Å². The molecule has 1 aromatic heterocycles. The third-order valence-electron chi connectivity index (χ3n) is 4.09. The van der Waals surface area contributed by atoms with Gasteiger partial charge in [0, 0.05) is 39.4 Å². The fourth-order valence-electron chi connectivity index (χ4n) is 2.55. The molecule has 2 aromatic rings. The molecule has 0 bridgehead atoms. The molecular weight excluding hydrogens is 338 g/mol. The Balaban J connectivity index is 1.88. The normalized spacial score (nSPS) is 10.5. The standard InChI is InChI=1S/C19H24F2N4O/c1-4-25(5-2)18-9-7-15(11-22-18)12-23-19(26)24(3)13-14-6-8-16(20)17(21)10-14/h6-11H,4-5,12-13H2,1-3H3,(H,23,26). The van der Waals surface area contributed by atoms with Gasteiger partial charge in [0.05, 0.1) is 0 Å². The van der Waals surface area contributed by atoms with Crippen molar-refractivity contribution in [2.75, 3.05) is 25.0 Å². The highest BCUT2D eigenvalue weighted by molar-refractivity contribution is 5.73. The summed E-state index contributed by atoms with van der Waals surface area (Å²) in [6.07, 6.45) is 1.74. The lowest BCUT2D eigenvalue weighted by atomic mass is 10.2. The first-order valence-electron chi connectivity index (χ1n) is 8.57. The molecule has 1 heterocycles. The van der Waals surface area contributed by atoms with E-state index in [1.165, 1.54) is 11.0 Å². The second-order valence-corrected chi connectivity index (χ2v) is 5.96. The summed E-state index contributed by atoms with van der Waals surface area (Å²) >= 11 is 0. The maximum Gasteiger partial charge on any atom is 0.317 e. The third kappa shape index (κ3) is 5.15. The van der Waals surface area contributed by atoms with Crippen LogP contribution in [-0.4, -0.2) is 36.1 Å². The number of urea groups is 1. The van der Waals surface area contributed by atoms with E-state index >= 15 is 0 Å². The molecule has 1 aromatic carbocycles. The fourth-order valence-corrected chi connectivity index (χ4v) is 2.55. The van der Waals surface area contributed by atoms with Crippen LogP contribution in [0.25, 0.3) is 0 Å². The van der Waals surface area contributed by atoms with E-state index in [4.69, 9.17) is 0 Å². The summed E-state index contributed by atoms with van der Waals surface area (Å²) in [6.45, 7) is 6.43. The number of pyridine rings is 1. The number of carbonyl (C=O) groups is 1. The van der Waals surface area contributed by atoms with Gasteiger partial charge in [-0.1, -0.05) is 12.1 Å². The van der Waals surface area contributed by atoms with Gasteiger partial charge in [-0.05, 0) is 43.2 Å². The van der Waals surface area contributed by atoms with Crippen molar-refractivity contribution < 1.29 is 13.6 Å². The van der Waals surface area contributed by atoms with Crippen LogP contribution in [-0.2, 0) is 13.1 Å². The molecule has 0 spiro atoms. The molecule has 0 aliphatic heterocycles. The Kier molecular flexibility index (Phi) is 6.89. The number of rotatable bonds is 7. The Morgan fingerprint density at radius 3 is 2.35 bits per heavy atom. The van der Waals surface area contributed by atoms with E-state index in [0.717, 1.165) is 36.6 Å². The summed E-state index contributed by atoms with van der Waals surface area (Å²) in [5, 5.41) is 2.79. The fraction of sp³-hybridized carbons (Fsp3) is 0.368. The molecular formula is C19H24F2N4O. The van der Waals surface area contributed by atoms with Gasteiger partial charge in [-0.2, -0.15) is 0 Å². The van der Waals surface area contributed by atoms with Crippen LogP contribution >= 0.6 is 0 Å². The maximum absolute atomic E-state index is 13.2. The van der Waals surface area contributed by atoms with Crippen molar-refractivity contribution in [1.82, 2.24) is 15.2 Å². The first-order chi connectivity index (χ1) is 12.4. The second-order valence-electron chi connectivity index (χ2n) is 5.96. The lowest BCUT2D eigenvalue weighted by Gasteiger charge is -2.20. The molecule has 0 atom stereocenters. The summed E-state index contributed by atoms with van der Waals surface area (Å²) in [5.74, 6) is -0.919. The predicted octanol–water partition coefficient (Wildman–Crippen LogP) is 3.55. The first kappa shape index (κ1) is 19.6. The minimum Gasteiger partial charge on any atom is -0.357 e. The largest absolute Gasteiger partial charge is 0.357 e. The van der Waals surface area contributed by atoms with Gasteiger partial charge in [0.2, 0.25) is 0 Å². The van der Waals surface area contributed by atoms with Gasteiger partial charge in [0.25, 0.3) is 0 Å². The average molecular weight is 362 g/mol. The molecule has 0 unspecified atom stereocenters. The van der Waals surface area contributed by atoms with Gasteiger partial charge >= 0.3 is 6.03 Å². The van der Waals surface area contributed by atoms with Crippen molar-refractivity contribution in [2.24, 2.45) is 0 Å². The van der Waals surface area contributed by atoms with Crippen molar-refractivity contribution in [3.63, 3.8) is 0 Å². The molecule has 0 fully saturated rings. The Labute approximate surface area is 152 Å². The van der Waals surface area contributed by atoms with Crippen LogP contribution in [0.4, 0.5) is 19.4 Å². The molecule has 0 saturated heterocycles.